The summed E-state index contributed by atoms with van der Waals surface area (Å²) >= 11 is 0. The summed E-state index contributed by atoms with van der Waals surface area (Å²) in [6.07, 6.45) is 3.48. The molecular weight excluding hydrogens is 182 g/mol. The largest absolute Gasteiger partial charge is 0.394 e. The number of carbonyl (C=O) groups excluding carboxylic acids is 1. The van der Waals surface area contributed by atoms with E-state index in [9.17, 15) is 4.79 Å². The molecular formula is C10H17NO3. The molecule has 80 valence electrons. The van der Waals surface area contributed by atoms with Crippen LogP contribution in [0.15, 0.2) is 0 Å². The number of rotatable bonds is 3. The minimum Gasteiger partial charge on any atom is -0.394 e. The van der Waals surface area contributed by atoms with Gasteiger partial charge in [-0.2, -0.15) is 0 Å². The first-order chi connectivity index (χ1) is 6.60. The third kappa shape index (κ3) is 1.64. The molecule has 1 atom stereocenters. The topological polar surface area (TPSA) is 58.6 Å². The molecule has 4 heteroatoms. The molecule has 0 aromatic carbocycles. The van der Waals surface area contributed by atoms with Crippen molar-refractivity contribution in [2.45, 2.75) is 43.7 Å². The third-order valence-electron chi connectivity index (χ3n) is 3.23. The predicted molar refractivity (Wildman–Crippen MR) is 50.8 cm³/mol. The molecule has 1 heterocycles. The summed E-state index contributed by atoms with van der Waals surface area (Å²) in [5.41, 5.74) is -0.989. The number of aliphatic hydroxyl groups is 1. The van der Waals surface area contributed by atoms with E-state index in [1.54, 1.807) is 0 Å². The predicted octanol–water partition coefficient (Wildman–Crippen LogP) is 0.197. The fourth-order valence-electron chi connectivity index (χ4n) is 1.80. The lowest BCUT2D eigenvalue weighted by Gasteiger charge is -2.25. The maximum Gasteiger partial charge on any atom is 0.252 e. The molecule has 2 rings (SSSR count). The average Bonchev–Trinajstić information content (AvgIpc) is 2.80. The summed E-state index contributed by atoms with van der Waals surface area (Å²) in [4.78, 5) is 11.8. The molecule has 4 nitrogen and oxygen atoms in total. The number of hydrogen-bond acceptors (Lipinski definition) is 3. The maximum atomic E-state index is 11.8. The van der Waals surface area contributed by atoms with Crippen LogP contribution in [0.2, 0.25) is 0 Å². The minimum atomic E-state index is -0.662. The Morgan fingerprint density at radius 2 is 2.21 bits per heavy atom. The van der Waals surface area contributed by atoms with Crippen molar-refractivity contribution in [2.75, 3.05) is 13.2 Å². The van der Waals surface area contributed by atoms with Crippen molar-refractivity contribution >= 4 is 5.91 Å². The van der Waals surface area contributed by atoms with Crippen LogP contribution in [0.1, 0.15) is 32.6 Å². The van der Waals surface area contributed by atoms with Gasteiger partial charge in [0.1, 0.15) is 5.60 Å². The highest BCUT2D eigenvalue weighted by atomic mass is 16.5. The molecule has 1 unspecified atom stereocenters. The fourth-order valence-corrected chi connectivity index (χ4v) is 1.80. The van der Waals surface area contributed by atoms with Crippen LogP contribution in [-0.4, -0.2) is 35.4 Å². The summed E-state index contributed by atoms with van der Waals surface area (Å²) in [6.45, 7) is 2.52. The number of aliphatic hydroxyl groups excluding tert-OH is 1. The summed E-state index contributed by atoms with van der Waals surface area (Å²) in [5.74, 6) is -0.0680. The van der Waals surface area contributed by atoms with Gasteiger partial charge in [0.15, 0.2) is 0 Å². The second-order valence-corrected chi connectivity index (χ2v) is 4.58. The molecule has 0 aromatic heterocycles. The first-order valence-electron chi connectivity index (χ1n) is 5.18. The smallest absolute Gasteiger partial charge is 0.252 e. The fraction of sp³-hybridized carbons (Fsp3) is 0.900. The van der Waals surface area contributed by atoms with Crippen molar-refractivity contribution in [3.63, 3.8) is 0 Å². The first kappa shape index (κ1) is 9.93. The summed E-state index contributed by atoms with van der Waals surface area (Å²) in [7, 11) is 0. The van der Waals surface area contributed by atoms with Crippen LogP contribution < -0.4 is 5.32 Å². The van der Waals surface area contributed by atoms with Gasteiger partial charge in [-0.3, -0.25) is 4.79 Å². The van der Waals surface area contributed by atoms with Gasteiger partial charge in [-0.15, -0.1) is 0 Å². The molecule has 2 fully saturated rings. The van der Waals surface area contributed by atoms with E-state index in [4.69, 9.17) is 9.84 Å². The third-order valence-corrected chi connectivity index (χ3v) is 3.23. The van der Waals surface area contributed by atoms with Gasteiger partial charge in [0.05, 0.1) is 12.1 Å². The van der Waals surface area contributed by atoms with E-state index >= 15 is 0 Å². The summed E-state index contributed by atoms with van der Waals surface area (Å²) in [5, 5.41) is 12.0. The van der Waals surface area contributed by atoms with Crippen LogP contribution in [0, 0.1) is 0 Å². The molecule has 1 saturated heterocycles. The Labute approximate surface area is 83.6 Å². The molecule has 1 aliphatic heterocycles. The number of amides is 1. The van der Waals surface area contributed by atoms with Gasteiger partial charge in [0, 0.05) is 6.61 Å². The van der Waals surface area contributed by atoms with E-state index in [0.29, 0.717) is 6.61 Å². The van der Waals surface area contributed by atoms with Crippen molar-refractivity contribution < 1.29 is 14.6 Å². The van der Waals surface area contributed by atoms with E-state index in [2.05, 4.69) is 5.32 Å². The molecule has 2 N–H and O–H groups in total. The standard InChI is InChI=1S/C10H17NO3/c1-9(3-2-6-14-9)8(13)11-10(7-12)4-5-10/h12H,2-7H2,1H3,(H,11,13). The summed E-state index contributed by atoms with van der Waals surface area (Å²) < 4.78 is 5.43. The van der Waals surface area contributed by atoms with Gasteiger partial charge in [-0.1, -0.05) is 0 Å². The van der Waals surface area contributed by atoms with Gasteiger partial charge in [-0.05, 0) is 32.6 Å². The van der Waals surface area contributed by atoms with E-state index in [1.165, 1.54) is 0 Å². The first-order valence-corrected chi connectivity index (χ1v) is 5.18. The Bertz CT molecular complexity index is 242. The lowest BCUT2D eigenvalue weighted by atomic mass is 10.0. The molecule has 0 aromatic rings. The monoisotopic (exact) mass is 199 g/mol. The van der Waals surface area contributed by atoms with E-state index in [-0.39, 0.29) is 18.1 Å². The SMILES string of the molecule is CC1(C(=O)NC2(CO)CC2)CCCO1. The zero-order chi connectivity index (χ0) is 10.2. The zero-order valence-electron chi connectivity index (χ0n) is 8.51. The molecule has 14 heavy (non-hydrogen) atoms. The van der Waals surface area contributed by atoms with E-state index in [1.807, 2.05) is 6.92 Å². The molecule has 1 saturated carbocycles. The van der Waals surface area contributed by atoms with Crippen LogP contribution in [0.4, 0.5) is 0 Å². The van der Waals surface area contributed by atoms with Crippen molar-refractivity contribution in [3.05, 3.63) is 0 Å². The Morgan fingerprint density at radius 3 is 2.64 bits per heavy atom. The van der Waals surface area contributed by atoms with Crippen LogP contribution >= 0.6 is 0 Å². The van der Waals surface area contributed by atoms with Gasteiger partial charge in [-0.25, -0.2) is 0 Å². The number of hydrogen-bond donors (Lipinski definition) is 2. The second-order valence-electron chi connectivity index (χ2n) is 4.58. The van der Waals surface area contributed by atoms with Gasteiger partial charge >= 0.3 is 0 Å². The normalized spacial score (nSPS) is 34.1. The number of carbonyl (C=O) groups is 1. The maximum absolute atomic E-state index is 11.8. The average molecular weight is 199 g/mol. The molecule has 0 radical (unpaired) electrons. The van der Waals surface area contributed by atoms with Crippen molar-refractivity contribution in [3.8, 4) is 0 Å². The van der Waals surface area contributed by atoms with Crippen molar-refractivity contribution in [2.24, 2.45) is 0 Å². The highest BCUT2D eigenvalue weighted by Crippen LogP contribution is 2.36. The van der Waals surface area contributed by atoms with Crippen LogP contribution in [0.25, 0.3) is 0 Å². The zero-order valence-corrected chi connectivity index (χ0v) is 8.51. The Morgan fingerprint density at radius 1 is 1.50 bits per heavy atom. The van der Waals surface area contributed by atoms with Crippen molar-refractivity contribution in [1.82, 2.24) is 5.32 Å². The van der Waals surface area contributed by atoms with Crippen LogP contribution in [0.5, 0.6) is 0 Å². The lowest BCUT2D eigenvalue weighted by molar-refractivity contribution is -0.140. The quantitative estimate of drug-likeness (QED) is 0.682. The number of nitrogens with one attached hydrogen (secondary N) is 1. The van der Waals surface area contributed by atoms with Gasteiger partial charge in [0.25, 0.3) is 5.91 Å². The Balaban J connectivity index is 1.95. The van der Waals surface area contributed by atoms with Crippen LogP contribution in [-0.2, 0) is 9.53 Å². The van der Waals surface area contributed by atoms with Gasteiger partial charge in [0.2, 0.25) is 0 Å². The highest BCUT2D eigenvalue weighted by molar-refractivity contribution is 5.86. The van der Waals surface area contributed by atoms with Crippen LogP contribution in [0.3, 0.4) is 0 Å². The lowest BCUT2D eigenvalue weighted by Crippen LogP contribution is -2.50. The van der Waals surface area contributed by atoms with E-state index in [0.717, 1.165) is 25.7 Å². The Kier molecular flexibility index (Phi) is 2.27. The highest BCUT2D eigenvalue weighted by Gasteiger charge is 2.48. The van der Waals surface area contributed by atoms with E-state index < -0.39 is 5.60 Å². The molecule has 1 aliphatic carbocycles. The van der Waals surface area contributed by atoms with Gasteiger partial charge < -0.3 is 15.2 Å². The second kappa shape index (κ2) is 3.21. The molecule has 2 aliphatic rings. The molecule has 0 bridgehead atoms. The van der Waals surface area contributed by atoms with Crippen molar-refractivity contribution in [1.29, 1.82) is 0 Å². The number of ether oxygens (including phenoxy) is 1. The molecule has 1 amide bonds. The molecule has 0 spiro atoms. The Hall–Kier alpha value is -0.610. The summed E-state index contributed by atoms with van der Waals surface area (Å²) in [6, 6.07) is 0. The minimum absolute atomic E-state index is 0.0365.